The summed E-state index contributed by atoms with van der Waals surface area (Å²) in [5.41, 5.74) is 0.121. The van der Waals surface area contributed by atoms with Crippen LogP contribution in [0, 0.1) is 0 Å². The van der Waals surface area contributed by atoms with Crippen LogP contribution in [0.5, 0.6) is 0 Å². The number of halogens is 1. The molecule has 1 rings (SSSR count). The van der Waals surface area contributed by atoms with Crippen molar-refractivity contribution in [2.45, 2.75) is 11.3 Å². The van der Waals surface area contributed by atoms with Crippen LogP contribution in [0.25, 0.3) is 0 Å². The first-order valence-electron chi connectivity index (χ1n) is 4.27. The summed E-state index contributed by atoms with van der Waals surface area (Å²) in [4.78, 5) is 22.3. The van der Waals surface area contributed by atoms with Crippen LogP contribution in [0.2, 0.25) is 5.02 Å². The largest absolute Gasteiger partial charge is 0.481 e. The van der Waals surface area contributed by atoms with Gasteiger partial charge >= 0.3 is 11.9 Å². The highest BCUT2D eigenvalue weighted by atomic mass is 35.5. The second-order valence-electron chi connectivity index (χ2n) is 2.98. The molecule has 0 atom stereocenters. The Morgan fingerprint density at radius 1 is 1.38 bits per heavy atom. The van der Waals surface area contributed by atoms with E-state index in [0.717, 1.165) is 0 Å². The van der Waals surface area contributed by atoms with E-state index in [0.29, 0.717) is 4.90 Å². The standard InChI is InChI=1S/C10H9ClO4S/c1-16-7-3-2-6(11)9(10(14)15)5(7)4-8(12)13/h2-3H,4H2,1H3,(H,12,13)(H,14,15). The van der Waals surface area contributed by atoms with E-state index in [1.807, 2.05) is 0 Å². The molecule has 2 N–H and O–H groups in total. The van der Waals surface area contributed by atoms with Gasteiger partial charge in [-0.05, 0) is 24.0 Å². The zero-order valence-electron chi connectivity index (χ0n) is 8.36. The van der Waals surface area contributed by atoms with Gasteiger partial charge in [-0.15, -0.1) is 11.8 Å². The Morgan fingerprint density at radius 3 is 2.44 bits per heavy atom. The molecule has 4 nitrogen and oxygen atoms in total. The van der Waals surface area contributed by atoms with Crippen LogP contribution >= 0.6 is 23.4 Å². The van der Waals surface area contributed by atoms with Gasteiger partial charge in [0.05, 0.1) is 17.0 Å². The van der Waals surface area contributed by atoms with Crippen LogP contribution in [0.4, 0.5) is 0 Å². The third kappa shape index (κ3) is 2.68. The van der Waals surface area contributed by atoms with Gasteiger partial charge in [0.25, 0.3) is 0 Å². The highest BCUT2D eigenvalue weighted by Crippen LogP contribution is 2.29. The van der Waals surface area contributed by atoms with Crippen molar-refractivity contribution in [3.63, 3.8) is 0 Å². The molecular weight excluding hydrogens is 252 g/mol. The first-order chi connectivity index (χ1) is 7.47. The molecule has 0 bridgehead atoms. The maximum Gasteiger partial charge on any atom is 0.337 e. The lowest BCUT2D eigenvalue weighted by Crippen LogP contribution is -2.10. The summed E-state index contributed by atoms with van der Waals surface area (Å²) in [6.45, 7) is 0. The SMILES string of the molecule is CSc1ccc(Cl)c(C(=O)O)c1CC(=O)O. The van der Waals surface area contributed by atoms with Crippen LogP contribution in [0.15, 0.2) is 17.0 Å². The van der Waals surface area contributed by atoms with Gasteiger partial charge in [-0.2, -0.15) is 0 Å². The van der Waals surface area contributed by atoms with Crippen LogP contribution < -0.4 is 0 Å². The number of benzene rings is 1. The van der Waals surface area contributed by atoms with Gasteiger partial charge < -0.3 is 10.2 Å². The molecule has 0 aromatic heterocycles. The van der Waals surface area contributed by atoms with E-state index in [2.05, 4.69) is 0 Å². The van der Waals surface area contributed by atoms with Crippen LogP contribution in [0.3, 0.4) is 0 Å². The van der Waals surface area contributed by atoms with Crippen LogP contribution in [-0.4, -0.2) is 28.4 Å². The molecule has 0 saturated carbocycles. The highest BCUT2D eigenvalue weighted by Gasteiger charge is 2.19. The van der Waals surface area contributed by atoms with Gasteiger partial charge in [0.2, 0.25) is 0 Å². The third-order valence-corrected chi connectivity index (χ3v) is 3.12. The molecule has 0 amide bonds. The van der Waals surface area contributed by atoms with Gasteiger partial charge in [0.15, 0.2) is 0 Å². The van der Waals surface area contributed by atoms with Crippen molar-refractivity contribution in [2.75, 3.05) is 6.26 Å². The number of rotatable bonds is 4. The molecular formula is C10H9ClO4S. The molecule has 1 aromatic carbocycles. The molecule has 6 heteroatoms. The van der Waals surface area contributed by atoms with E-state index in [9.17, 15) is 9.59 Å². The topological polar surface area (TPSA) is 74.6 Å². The quantitative estimate of drug-likeness (QED) is 0.813. The number of hydrogen-bond acceptors (Lipinski definition) is 3. The molecule has 0 aliphatic rings. The molecule has 86 valence electrons. The summed E-state index contributed by atoms with van der Waals surface area (Å²) in [6, 6.07) is 3.08. The number of aliphatic carboxylic acids is 1. The van der Waals surface area contributed by atoms with E-state index in [4.69, 9.17) is 21.8 Å². The monoisotopic (exact) mass is 260 g/mol. The van der Waals surface area contributed by atoms with Gasteiger partial charge in [0.1, 0.15) is 0 Å². The predicted molar refractivity (Wildman–Crippen MR) is 61.5 cm³/mol. The number of thioether (sulfide) groups is 1. The minimum atomic E-state index is -1.21. The maximum atomic E-state index is 11.0. The molecule has 1 aromatic rings. The Hall–Kier alpha value is -1.20. The zero-order chi connectivity index (χ0) is 12.3. The van der Waals surface area contributed by atoms with Gasteiger partial charge in [-0.25, -0.2) is 4.79 Å². The lowest BCUT2D eigenvalue weighted by atomic mass is 10.0. The zero-order valence-corrected chi connectivity index (χ0v) is 9.93. The molecule has 0 saturated heterocycles. The summed E-state index contributed by atoms with van der Waals surface area (Å²) in [7, 11) is 0. The normalized spacial score (nSPS) is 10.1. The fraction of sp³-hybridized carbons (Fsp3) is 0.200. The second-order valence-corrected chi connectivity index (χ2v) is 4.23. The fourth-order valence-corrected chi connectivity index (χ4v) is 2.23. The molecule has 16 heavy (non-hydrogen) atoms. The highest BCUT2D eigenvalue weighted by molar-refractivity contribution is 7.98. The minimum absolute atomic E-state index is 0.0570. The Labute approximate surface area is 101 Å². The van der Waals surface area contributed by atoms with Crippen molar-refractivity contribution in [1.82, 2.24) is 0 Å². The van der Waals surface area contributed by atoms with Crippen molar-refractivity contribution in [1.29, 1.82) is 0 Å². The smallest absolute Gasteiger partial charge is 0.337 e. The first-order valence-corrected chi connectivity index (χ1v) is 5.88. The van der Waals surface area contributed by atoms with Crippen LogP contribution in [0.1, 0.15) is 15.9 Å². The molecule has 0 unspecified atom stereocenters. The number of aromatic carboxylic acids is 1. The summed E-state index contributed by atoms with van der Waals surface area (Å²) < 4.78 is 0. The van der Waals surface area contributed by atoms with Gasteiger partial charge in [0, 0.05) is 4.90 Å². The molecule has 0 aliphatic heterocycles. The van der Waals surface area contributed by atoms with Crippen LogP contribution in [-0.2, 0) is 11.2 Å². The lowest BCUT2D eigenvalue weighted by molar-refractivity contribution is -0.136. The first kappa shape index (κ1) is 12.9. The average molecular weight is 261 g/mol. The molecule has 0 spiro atoms. The van der Waals surface area contributed by atoms with E-state index >= 15 is 0 Å². The van der Waals surface area contributed by atoms with E-state index in [1.165, 1.54) is 17.8 Å². The van der Waals surface area contributed by atoms with Crippen molar-refractivity contribution in [2.24, 2.45) is 0 Å². The summed E-state index contributed by atoms with van der Waals surface area (Å²) in [6.07, 6.45) is 1.40. The molecule has 0 radical (unpaired) electrons. The number of carbonyl (C=O) groups is 2. The van der Waals surface area contributed by atoms with E-state index < -0.39 is 11.9 Å². The number of carboxylic acids is 2. The van der Waals surface area contributed by atoms with Gasteiger partial charge in [-0.3, -0.25) is 4.79 Å². The predicted octanol–water partition coefficient (Wildman–Crippen LogP) is 2.39. The molecule has 0 aliphatic carbocycles. The number of hydrogen-bond donors (Lipinski definition) is 2. The summed E-state index contributed by atoms with van der Waals surface area (Å²) in [5.74, 6) is -2.29. The average Bonchev–Trinajstić information content (AvgIpc) is 2.16. The molecule has 0 fully saturated rings. The number of carboxylic acid groups (broad SMARTS) is 2. The summed E-state index contributed by atoms with van der Waals surface area (Å²) in [5, 5.41) is 17.8. The van der Waals surface area contributed by atoms with Crippen molar-refractivity contribution in [3.8, 4) is 0 Å². The Bertz CT molecular complexity index is 445. The van der Waals surface area contributed by atoms with Crippen molar-refractivity contribution in [3.05, 3.63) is 28.3 Å². The second kappa shape index (κ2) is 5.23. The Kier molecular flexibility index (Phi) is 4.20. The Balaban J connectivity index is 3.42. The van der Waals surface area contributed by atoms with Crippen molar-refractivity contribution < 1.29 is 19.8 Å². The Morgan fingerprint density at radius 2 is 2.00 bits per heavy atom. The van der Waals surface area contributed by atoms with E-state index in [-0.39, 0.29) is 22.6 Å². The maximum absolute atomic E-state index is 11.0. The summed E-state index contributed by atoms with van der Waals surface area (Å²) >= 11 is 7.05. The molecule has 0 heterocycles. The minimum Gasteiger partial charge on any atom is -0.481 e. The lowest BCUT2D eigenvalue weighted by Gasteiger charge is -2.10. The van der Waals surface area contributed by atoms with Gasteiger partial charge in [-0.1, -0.05) is 11.6 Å². The van der Waals surface area contributed by atoms with E-state index in [1.54, 1.807) is 12.3 Å². The third-order valence-electron chi connectivity index (χ3n) is 1.98. The van der Waals surface area contributed by atoms with Crippen molar-refractivity contribution >= 4 is 35.3 Å². The fourth-order valence-electron chi connectivity index (χ4n) is 1.35.